The SMILES string of the molecule is Cc1cc(CCNCC[N-]c2ccccc2C(C)C)c(O)c(-c2ccccc2)c1.[CH2-]c1ccccc1.[CH2-]c1ccccc1.[Zr+4]. The van der Waals surface area contributed by atoms with Crippen molar-refractivity contribution >= 4 is 5.69 Å². The third-order valence-electron chi connectivity index (χ3n) is 6.80. The van der Waals surface area contributed by atoms with Crippen molar-refractivity contribution in [1.82, 2.24) is 5.32 Å². The molecule has 224 valence electrons. The van der Waals surface area contributed by atoms with Gasteiger partial charge in [-0.2, -0.15) is 49.2 Å². The molecule has 0 heterocycles. The standard InChI is InChI=1S/C26H31N2O.2C7H7.Zr/c1-19(2)23-11-7-8-12-25(23)28-16-15-27-14-13-22-17-20(3)18-24(26(22)29)21-9-5-4-6-10-21;2*1-7-5-3-2-4-6-7;/h4-12,17-19,27,29H,13-16H2,1-3H3;2*2-6H,1H2;/q3*-1;+4. The smallest absolute Gasteiger partial charge is 0.683 e. The zero-order chi connectivity index (χ0) is 30.9. The summed E-state index contributed by atoms with van der Waals surface area (Å²) < 4.78 is 0. The third-order valence-corrected chi connectivity index (χ3v) is 6.80. The van der Waals surface area contributed by atoms with Gasteiger partial charge in [-0.25, -0.2) is 0 Å². The van der Waals surface area contributed by atoms with Gasteiger partial charge in [0, 0.05) is 5.56 Å². The minimum absolute atomic E-state index is 0. The average molecular weight is 661 g/mol. The number of phenolic OH excluding ortho intramolecular Hbond substituents is 1. The molecule has 5 aromatic carbocycles. The Morgan fingerprint density at radius 1 is 0.705 bits per heavy atom. The van der Waals surface area contributed by atoms with Crippen LogP contribution in [0.1, 0.15) is 47.6 Å². The van der Waals surface area contributed by atoms with Crippen molar-refractivity contribution in [2.45, 2.75) is 33.1 Å². The Balaban J connectivity index is 0.000000367. The van der Waals surface area contributed by atoms with Crippen molar-refractivity contribution in [1.29, 1.82) is 0 Å². The molecule has 2 N–H and O–H groups in total. The van der Waals surface area contributed by atoms with E-state index in [1.165, 1.54) is 5.56 Å². The predicted octanol–water partition coefficient (Wildman–Crippen LogP) is 10.1. The van der Waals surface area contributed by atoms with Crippen molar-refractivity contribution in [3.8, 4) is 16.9 Å². The Hall–Kier alpha value is -3.72. The normalized spacial score (nSPS) is 10.0. The number of phenols is 1. The van der Waals surface area contributed by atoms with Gasteiger partial charge >= 0.3 is 26.2 Å². The first-order chi connectivity index (χ1) is 20.8. The molecule has 0 aliphatic carbocycles. The first-order valence-electron chi connectivity index (χ1n) is 14.9. The summed E-state index contributed by atoms with van der Waals surface area (Å²) in [5.74, 6) is 0.866. The molecule has 0 aliphatic heterocycles. The van der Waals surface area contributed by atoms with Crippen LogP contribution >= 0.6 is 0 Å². The zero-order valence-corrected chi connectivity index (χ0v) is 28.8. The first kappa shape index (κ1) is 36.5. The molecule has 0 saturated carbocycles. The van der Waals surface area contributed by atoms with Crippen molar-refractivity contribution in [2.24, 2.45) is 0 Å². The third kappa shape index (κ3) is 12.9. The van der Waals surface area contributed by atoms with E-state index in [9.17, 15) is 5.11 Å². The minimum atomic E-state index is 0. The topological polar surface area (TPSA) is 46.4 Å². The molecule has 0 fully saturated rings. The Morgan fingerprint density at radius 2 is 1.23 bits per heavy atom. The van der Waals surface area contributed by atoms with Gasteiger partial charge in [-0.15, -0.1) is 36.5 Å². The molecule has 3 nitrogen and oxygen atoms in total. The van der Waals surface area contributed by atoms with Crippen LogP contribution in [0.2, 0.25) is 0 Å². The number of benzene rings is 5. The molecule has 0 aromatic heterocycles. The molecular formula is C40H45N2OZr+. The van der Waals surface area contributed by atoms with Crippen molar-refractivity contribution in [3.05, 3.63) is 174 Å². The van der Waals surface area contributed by atoms with Gasteiger partial charge in [0.15, 0.2) is 0 Å². The first-order valence-corrected chi connectivity index (χ1v) is 14.9. The number of rotatable bonds is 9. The molecule has 0 atom stereocenters. The number of hydrogen-bond donors (Lipinski definition) is 2. The second kappa shape index (κ2) is 20.3. The van der Waals surface area contributed by atoms with Gasteiger partial charge < -0.3 is 15.7 Å². The molecule has 0 spiro atoms. The van der Waals surface area contributed by atoms with Gasteiger partial charge in [-0.05, 0) is 55.1 Å². The predicted molar refractivity (Wildman–Crippen MR) is 185 cm³/mol. The largest absolute Gasteiger partial charge is 4.00 e. The van der Waals surface area contributed by atoms with Crippen molar-refractivity contribution < 1.29 is 31.3 Å². The Kier molecular flexibility index (Phi) is 16.8. The van der Waals surface area contributed by atoms with Crippen LogP contribution in [-0.4, -0.2) is 24.7 Å². The summed E-state index contributed by atoms with van der Waals surface area (Å²) in [6.45, 7) is 16.3. The summed E-state index contributed by atoms with van der Waals surface area (Å²) in [5, 5.41) is 19.0. The van der Waals surface area contributed by atoms with Crippen LogP contribution in [-0.2, 0) is 32.6 Å². The van der Waals surface area contributed by atoms with E-state index in [1.54, 1.807) is 0 Å². The molecule has 0 bridgehead atoms. The number of aryl methyl sites for hydroxylation is 1. The van der Waals surface area contributed by atoms with Gasteiger partial charge in [-0.1, -0.05) is 92.2 Å². The summed E-state index contributed by atoms with van der Waals surface area (Å²) in [5.41, 5.74) is 8.63. The van der Waals surface area contributed by atoms with E-state index in [0.717, 1.165) is 65.1 Å². The van der Waals surface area contributed by atoms with Gasteiger partial charge in [0.05, 0.1) is 0 Å². The van der Waals surface area contributed by atoms with Crippen LogP contribution in [0.3, 0.4) is 0 Å². The second-order valence-corrected chi connectivity index (χ2v) is 10.8. The molecule has 0 saturated heterocycles. The second-order valence-electron chi connectivity index (χ2n) is 10.8. The van der Waals surface area contributed by atoms with Gasteiger partial charge in [0.1, 0.15) is 5.75 Å². The van der Waals surface area contributed by atoms with Crippen LogP contribution in [0.5, 0.6) is 5.75 Å². The van der Waals surface area contributed by atoms with Crippen LogP contribution in [0.25, 0.3) is 16.4 Å². The Morgan fingerprint density at radius 3 is 1.75 bits per heavy atom. The Labute approximate surface area is 284 Å². The molecule has 5 rings (SSSR count). The van der Waals surface area contributed by atoms with Crippen LogP contribution in [0, 0.1) is 20.8 Å². The molecule has 0 aliphatic rings. The maximum Gasteiger partial charge on any atom is 4.00 e. The van der Waals surface area contributed by atoms with Gasteiger partial charge in [-0.3, -0.25) is 0 Å². The maximum atomic E-state index is 10.8. The van der Waals surface area contributed by atoms with Gasteiger partial charge in [0.2, 0.25) is 0 Å². The van der Waals surface area contributed by atoms with Gasteiger partial charge in [0.25, 0.3) is 0 Å². The van der Waals surface area contributed by atoms with E-state index in [0.29, 0.717) is 11.7 Å². The molecule has 0 radical (unpaired) electrons. The van der Waals surface area contributed by atoms with E-state index in [2.05, 4.69) is 64.2 Å². The fourth-order valence-corrected chi connectivity index (χ4v) is 4.56. The van der Waals surface area contributed by atoms with Crippen LogP contribution in [0.15, 0.2) is 127 Å². The fraction of sp³-hybridized carbons (Fsp3) is 0.200. The molecule has 4 heteroatoms. The maximum absolute atomic E-state index is 10.8. The van der Waals surface area contributed by atoms with E-state index in [1.807, 2.05) is 103 Å². The van der Waals surface area contributed by atoms with E-state index in [-0.39, 0.29) is 26.2 Å². The molecule has 5 aromatic rings. The summed E-state index contributed by atoms with van der Waals surface area (Å²) in [6, 6.07) is 42.3. The number of aromatic hydroxyl groups is 1. The number of nitrogens with zero attached hydrogens (tertiary/aromatic N) is 1. The monoisotopic (exact) mass is 659 g/mol. The molecule has 0 unspecified atom stereocenters. The Bertz CT molecular complexity index is 1430. The molecular weight excluding hydrogens is 616 g/mol. The van der Waals surface area contributed by atoms with Crippen molar-refractivity contribution in [3.63, 3.8) is 0 Å². The van der Waals surface area contributed by atoms with E-state index >= 15 is 0 Å². The van der Waals surface area contributed by atoms with Crippen LogP contribution < -0.4 is 5.32 Å². The number of para-hydroxylation sites is 1. The summed E-state index contributed by atoms with van der Waals surface area (Å²) in [4.78, 5) is 0. The van der Waals surface area contributed by atoms with Crippen LogP contribution in [0.4, 0.5) is 5.69 Å². The quantitative estimate of drug-likeness (QED) is 0.122. The minimum Gasteiger partial charge on any atom is -0.683 e. The van der Waals surface area contributed by atoms with E-state index in [4.69, 9.17) is 5.32 Å². The molecule has 0 amide bonds. The summed E-state index contributed by atoms with van der Waals surface area (Å²) in [6.07, 6.45) is 0.788. The zero-order valence-electron chi connectivity index (χ0n) is 26.3. The number of hydrogen-bond acceptors (Lipinski definition) is 2. The summed E-state index contributed by atoms with van der Waals surface area (Å²) in [7, 11) is 0. The summed E-state index contributed by atoms with van der Waals surface area (Å²) >= 11 is 0. The number of nitrogens with one attached hydrogen (secondary N) is 1. The fourth-order valence-electron chi connectivity index (χ4n) is 4.56. The molecule has 44 heavy (non-hydrogen) atoms. The van der Waals surface area contributed by atoms with Crippen molar-refractivity contribution in [2.75, 3.05) is 19.6 Å². The average Bonchev–Trinajstić information content (AvgIpc) is 3.02. The van der Waals surface area contributed by atoms with E-state index < -0.39 is 0 Å².